The number of fused-ring (bicyclic) bond motifs is 1. The Kier molecular flexibility index (Phi) is 5.41. The second-order valence-corrected chi connectivity index (χ2v) is 7.12. The van der Waals surface area contributed by atoms with Crippen molar-refractivity contribution in [3.05, 3.63) is 107 Å². The van der Waals surface area contributed by atoms with Gasteiger partial charge in [-0.15, -0.1) is 0 Å². The van der Waals surface area contributed by atoms with E-state index in [1.54, 1.807) is 0 Å². The van der Waals surface area contributed by atoms with Gasteiger partial charge in [0.15, 0.2) is 0 Å². The molecule has 0 aliphatic carbocycles. The summed E-state index contributed by atoms with van der Waals surface area (Å²) in [6, 6.07) is 28.3. The third-order valence-corrected chi connectivity index (χ3v) is 4.91. The quantitative estimate of drug-likeness (QED) is 0.335. The van der Waals surface area contributed by atoms with Gasteiger partial charge in [-0.3, -0.25) is 4.99 Å². The molecule has 4 aromatic rings. The van der Waals surface area contributed by atoms with Crippen molar-refractivity contribution in [2.24, 2.45) is 4.99 Å². The van der Waals surface area contributed by atoms with Crippen LogP contribution in [0.4, 0.5) is 5.69 Å². The van der Waals surface area contributed by atoms with Crippen molar-refractivity contribution in [1.29, 1.82) is 0 Å². The van der Waals surface area contributed by atoms with Crippen molar-refractivity contribution < 1.29 is 4.74 Å². The average molecular weight is 386 g/mol. The molecule has 0 aromatic heterocycles. The molecule has 0 atom stereocenters. The molecule has 28 heavy (non-hydrogen) atoms. The molecule has 4 rings (SSSR count). The van der Waals surface area contributed by atoms with Gasteiger partial charge >= 0.3 is 0 Å². The molecule has 0 unspecified atom stereocenters. The monoisotopic (exact) mass is 385 g/mol. The van der Waals surface area contributed by atoms with Crippen LogP contribution in [-0.2, 0) is 6.61 Å². The van der Waals surface area contributed by atoms with E-state index in [0.29, 0.717) is 11.6 Å². The molecule has 0 N–H and O–H groups in total. The molecule has 4 aromatic carbocycles. The molecular weight excluding hydrogens is 366 g/mol. The lowest BCUT2D eigenvalue weighted by Gasteiger charge is -2.09. The molecule has 0 saturated heterocycles. The Morgan fingerprint density at radius 3 is 2.54 bits per heavy atom. The Morgan fingerprint density at radius 1 is 0.893 bits per heavy atom. The summed E-state index contributed by atoms with van der Waals surface area (Å²) in [5.74, 6) is 0.837. The van der Waals surface area contributed by atoms with E-state index in [0.717, 1.165) is 22.6 Å². The summed E-state index contributed by atoms with van der Waals surface area (Å²) in [5.41, 5.74) is 4.16. The van der Waals surface area contributed by atoms with E-state index in [1.165, 1.54) is 16.3 Å². The zero-order chi connectivity index (χ0) is 19.3. The highest BCUT2D eigenvalue weighted by atomic mass is 35.5. The lowest BCUT2D eigenvalue weighted by Crippen LogP contribution is -1.96. The first kappa shape index (κ1) is 18.3. The standard InChI is InChI=1S/C25H20ClNO/c1-18-9-12-22(26)15-25(18)27-16-19-10-13-23(14-11-19)28-17-21-7-4-6-20-5-2-3-8-24(20)21/h2-16H,17H2,1H3. The van der Waals surface area contributed by atoms with E-state index in [4.69, 9.17) is 16.3 Å². The van der Waals surface area contributed by atoms with Gasteiger partial charge in [0, 0.05) is 11.2 Å². The summed E-state index contributed by atoms with van der Waals surface area (Å²) in [6.45, 7) is 2.56. The van der Waals surface area contributed by atoms with E-state index in [2.05, 4.69) is 47.5 Å². The fourth-order valence-corrected chi connectivity index (χ4v) is 3.26. The first-order valence-electron chi connectivity index (χ1n) is 9.19. The minimum atomic E-state index is 0.538. The van der Waals surface area contributed by atoms with Gasteiger partial charge < -0.3 is 4.74 Å². The predicted octanol–water partition coefficient (Wildman–Crippen LogP) is 7.13. The number of aryl methyl sites for hydroxylation is 1. The molecule has 0 spiro atoms. The molecule has 0 saturated carbocycles. The molecule has 0 aliphatic heterocycles. The molecule has 0 radical (unpaired) electrons. The third-order valence-electron chi connectivity index (χ3n) is 4.68. The molecule has 0 heterocycles. The normalized spacial score (nSPS) is 11.2. The highest BCUT2D eigenvalue weighted by molar-refractivity contribution is 6.30. The van der Waals surface area contributed by atoms with E-state index in [1.807, 2.05) is 55.6 Å². The first-order chi connectivity index (χ1) is 13.7. The number of hydrogen-bond donors (Lipinski definition) is 0. The van der Waals surface area contributed by atoms with Gasteiger partial charge in [0.2, 0.25) is 0 Å². The lowest BCUT2D eigenvalue weighted by molar-refractivity contribution is 0.307. The zero-order valence-electron chi connectivity index (χ0n) is 15.6. The van der Waals surface area contributed by atoms with Crippen molar-refractivity contribution in [2.45, 2.75) is 13.5 Å². The largest absolute Gasteiger partial charge is 0.489 e. The Bertz CT molecular complexity index is 1130. The number of aliphatic imine (C=N–C) groups is 1. The van der Waals surface area contributed by atoms with E-state index in [9.17, 15) is 0 Å². The summed E-state index contributed by atoms with van der Waals surface area (Å²) >= 11 is 6.05. The van der Waals surface area contributed by atoms with Crippen LogP contribution in [0.3, 0.4) is 0 Å². The summed E-state index contributed by atoms with van der Waals surface area (Å²) < 4.78 is 5.99. The Balaban J connectivity index is 1.45. The second-order valence-electron chi connectivity index (χ2n) is 6.68. The Labute approximate surface area is 170 Å². The van der Waals surface area contributed by atoms with Crippen LogP contribution in [0.2, 0.25) is 5.02 Å². The molecular formula is C25H20ClNO. The summed E-state index contributed by atoms with van der Waals surface area (Å²) in [7, 11) is 0. The maximum atomic E-state index is 6.05. The number of nitrogens with zero attached hydrogens (tertiary/aromatic N) is 1. The van der Waals surface area contributed by atoms with Crippen LogP contribution in [0.5, 0.6) is 5.75 Å². The number of rotatable bonds is 5. The molecule has 2 nitrogen and oxygen atoms in total. The van der Waals surface area contributed by atoms with Gasteiger partial charge in [-0.05, 0) is 70.8 Å². The van der Waals surface area contributed by atoms with E-state index in [-0.39, 0.29) is 0 Å². The Hall–Kier alpha value is -3.10. The van der Waals surface area contributed by atoms with Crippen molar-refractivity contribution in [1.82, 2.24) is 0 Å². The molecule has 0 amide bonds. The van der Waals surface area contributed by atoms with Crippen LogP contribution in [0.25, 0.3) is 10.8 Å². The second kappa shape index (κ2) is 8.28. The molecule has 0 fully saturated rings. The van der Waals surface area contributed by atoms with Crippen molar-refractivity contribution >= 4 is 34.3 Å². The smallest absolute Gasteiger partial charge is 0.119 e. The number of benzene rings is 4. The third kappa shape index (κ3) is 4.24. The highest BCUT2D eigenvalue weighted by Gasteiger charge is 2.02. The summed E-state index contributed by atoms with van der Waals surface area (Å²) in [5, 5.41) is 3.15. The van der Waals surface area contributed by atoms with Gasteiger partial charge in [0.05, 0.1) is 5.69 Å². The van der Waals surface area contributed by atoms with E-state index < -0.39 is 0 Å². The topological polar surface area (TPSA) is 21.6 Å². The highest BCUT2D eigenvalue weighted by Crippen LogP contribution is 2.24. The van der Waals surface area contributed by atoms with Gasteiger partial charge in [0.25, 0.3) is 0 Å². The minimum Gasteiger partial charge on any atom is -0.489 e. The predicted molar refractivity (Wildman–Crippen MR) is 118 cm³/mol. The first-order valence-corrected chi connectivity index (χ1v) is 9.56. The van der Waals surface area contributed by atoms with Crippen molar-refractivity contribution in [2.75, 3.05) is 0 Å². The SMILES string of the molecule is Cc1ccc(Cl)cc1N=Cc1ccc(OCc2cccc3ccccc23)cc1. The van der Waals surface area contributed by atoms with Gasteiger partial charge in [-0.2, -0.15) is 0 Å². The van der Waals surface area contributed by atoms with Crippen LogP contribution in [-0.4, -0.2) is 6.21 Å². The molecule has 138 valence electrons. The fourth-order valence-electron chi connectivity index (χ4n) is 3.10. The molecule has 3 heteroatoms. The zero-order valence-corrected chi connectivity index (χ0v) is 16.4. The van der Waals surface area contributed by atoms with Crippen LogP contribution < -0.4 is 4.74 Å². The fraction of sp³-hybridized carbons (Fsp3) is 0.0800. The van der Waals surface area contributed by atoms with Crippen LogP contribution in [0.1, 0.15) is 16.7 Å². The van der Waals surface area contributed by atoms with Crippen molar-refractivity contribution in [3.63, 3.8) is 0 Å². The van der Waals surface area contributed by atoms with Crippen molar-refractivity contribution in [3.8, 4) is 5.75 Å². The maximum Gasteiger partial charge on any atom is 0.119 e. The molecule has 0 bridgehead atoms. The summed E-state index contributed by atoms with van der Waals surface area (Å²) in [4.78, 5) is 4.54. The number of hydrogen-bond acceptors (Lipinski definition) is 2. The maximum absolute atomic E-state index is 6.05. The van der Waals surface area contributed by atoms with Gasteiger partial charge in [-0.1, -0.05) is 60.1 Å². The Morgan fingerprint density at radius 2 is 1.68 bits per heavy atom. The minimum absolute atomic E-state index is 0.538. The van der Waals surface area contributed by atoms with Gasteiger partial charge in [0.1, 0.15) is 12.4 Å². The molecule has 0 aliphatic rings. The number of halogens is 1. The van der Waals surface area contributed by atoms with Gasteiger partial charge in [-0.25, -0.2) is 0 Å². The average Bonchev–Trinajstić information content (AvgIpc) is 2.73. The van der Waals surface area contributed by atoms with Crippen LogP contribution in [0.15, 0.2) is 89.9 Å². The lowest BCUT2D eigenvalue weighted by atomic mass is 10.1. The summed E-state index contributed by atoms with van der Waals surface area (Å²) in [6.07, 6.45) is 1.84. The van der Waals surface area contributed by atoms with Crippen LogP contribution in [0, 0.1) is 6.92 Å². The van der Waals surface area contributed by atoms with E-state index >= 15 is 0 Å². The number of ether oxygens (including phenoxy) is 1. The van der Waals surface area contributed by atoms with Crippen LogP contribution >= 0.6 is 11.6 Å².